The Balaban J connectivity index is 3.07. The van der Waals surface area contributed by atoms with E-state index in [9.17, 15) is 9.36 Å². The van der Waals surface area contributed by atoms with Crippen molar-refractivity contribution in [1.82, 2.24) is 0 Å². The molecule has 1 rings (SSSR count). The van der Waals surface area contributed by atoms with E-state index in [-0.39, 0.29) is 5.91 Å². The van der Waals surface area contributed by atoms with Crippen molar-refractivity contribution < 1.29 is 19.1 Å². The first kappa shape index (κ1) is 17.6. The standard InChI is InChI=1S/C15H22NO4P/c1-4-13(10-11-21(18,19)20)15(17)16(5-2)14-9-7-6-8-12(14)3/h6-10H,4-5,11H2,1-3H3,(H2,18,19,20)/b13-10+. The minimum Gasteiger partial charge on any atom is -0.324 e. The third kappa shape index (κ3) is 5.12. The maximum atomic E-state index is 12.6. The molecule has 0 radical (unpaired) electrons. The summed E-state index contributed by atoms with van der Waals surface area (Å²) in [5, 5.41) is 0. The summed E-state index contributed by atoms with van der Waals surface area (Å²) in [7, 11) is -4.14. The number of benzene rings is 1. The minimum absolute atomic E-state index is 0.206. The predicted molar refractivity (Wildman–Crippen MR) is 84.5 cm³/mol. The lowest BCUT2D eigenvalue weighted by molar-refractivity contribution is -0.115. The summed E-state index contributed by atoms with van der Waals surface area (Å²) in [6.07, 6.45) is 1.37. The number of para-hydroxylation sites is 1. The van der Waals surface area contributed by atoms with Crippen molar-refractivity contribution in [1.29, 1.82) is 0 Å². The average Bonchev–Trinajstić information content (AvgIpc) is 2.41. The monoisotopic (exact) mass is 311 g/mol. The second kappa shape index (κ2) is 7.55. The van der Waals surface area contributed by atoms with Gasteiger partial charge in [-0.05, 0) is 31.9 Å². The lowest BCUT2D eigenvalue weighted by Crippen LogP contribution is -2.32. The number of rotatable bonds is 6. The van der Waals surface area contributed by atoms with Crippen LogP contribution >= 0.6 is 7.60 Å². The lowest BCUT2D eigenvalue weighted by atomic mass is 10.1. The van der Waals surface area contributed by atoms with Crippen molar-refractivity contribution in [3.05, 3.63) is 41.5 Å². The molecule has 0 saturated carbocycles. The van der Waals surface area contributed by atoms with Gasteiger partial charge in [0.1, 0.15) is 0 Å². The SMILES string of the molecule is CC/C(=C\CP(=O)(O)O)C(=O)N(CC)c1ccccc1C. The molecule has 21 heavy (non-hydrogen) atoms. The van der Waals surface area contributed by atoms with Crippen LogP contribution in [0.5, 0.6) is 0 Å². The van der Waals surface area contributed by atoms with Gasteiger partial charge in [-0.2, -0.15) is 0 Å². The van der Waals surface area contributed by atoms with Crippen molar-refractivity contribution in [2.75, 3.05) is 17.6 Å². The molecule has 0 aliphatic carbocycles. The van der Waals surface area contributed by atoms with Gasteiger partial charge in [-0.15, -0.1) is 0 Å². The highest BCUT2D eigenvalue weighted by molar-refractivity contribution is 7.51. The van der Waals surface area contributed by atoms with E-state index in [0.717, 1.165) is 11.3 Å². The summed E-state index contributed by atoms with van der Waals surface area (Å²) in [4.78, 5) is 32.1. The second-order valence-corrected chi connectivity index (χ2v) is 6.46. The summed E-state index contributed by atoms with van der Waals surface area (Å²) >= 11 is 0. The van der Waals surface area contributed by atoms with E-state index in [1.165, 1.54) is 6.08 Å². The van der Waals surface area contributed by atoms with E-state index in [1.807, 2.05) is 38.1 Å². The largest absolute Gasteiger partial charge is 0.329 e. The number of carbonyl (C=O) groups excluding carboxylic acids is 1. The van der Waals surface area contributed by atoms with Crippen LogP contribution in [0.1, 0.15) is 25.8 Å². The van der Waals surface area contributed by atoms with Crippen molar-refractivity contribution in [3.63, 3.8) is 0 Å². The smallest absolute Gasteiger partial charge is 0.324 e. The van der Waals surface area contributed by atoms with Crippen LogP contribution in [-0.4, -0.2) is 28.4 Å². The van der Waals surface area contributed by atoms with Crippen molar-refractivity contribution >= 4 is 19.2 Å². The third-order valence-corrected chi connectivity index (χ3v) is 3.86. The minimum atomic E-state index is -4.14. The van der Waals surface area contributed by atoms with E-state index in [0.29, 0.717) is 18.5 Å². The maximum Gasteiger partial charge on any atom is 0.329 e. The fraction of sp³-hybridized carbons (Fsp3) is 0.400. The zero-order valence-corrected chi connectivity index (χ0v) is 13.5. The highest BCUT2D eigenvalue weighted by Gasteiger charge is 2.20. The summed E-state index contributed by atoms with van der Waals surface area (Å²) < 4.78 is 11.0. The zero-order chi connectivity index (χ0) is 16.0. The van der Waals surface area contributed by atoms with Gasteiger partial charge in [0.2, 0.25) is 0 Å². The molecule has 0 spiro atoms. The Hall–Kier alpha value is -1.42. The molecule has 0 aliphatic rings. The van der Waals surface area contributed by atoms with E-state index in [2.05, 4.69) is 0 Å². The molecule has 0 saturated heterocycles. The molecule has 6 heteroatoms. The van der Waals surface area contributed by atoms with Gasteiger partial charge in [-0.3, -0.25) is 9.36 Å². The fourth-order valence-corrected chi connectivity index (χ4v) is 2.53. The van der Waals surface area contributed by atoms with Crippen molar-refractivity contribution in [3.8, 4) is 0 Å². The number of nitrogens with zero attached hydrogens (tertiary/aromatic N) is 1. The van der Waals surface area contributed by atoms with Crippen LogP contribution in [-0.2, 0) is 9.36 Å². The van der Waals surface area contributed by atoms with Gasteiger partial charge in [0.25, 0.3) is 5.91 Å². The number of hydrogen-bond donors (Lipinski definition) is 2. The maximum absolute atomic E-state index is 12.6. The van der Waals surface area contributed by atoms with Gasteiger partial charge in [0.15, 0.2) is 0 Å². The highest BCUT2D eigenvalue weighted by Crippen LogP contribution is 2.34. The number of aryl methyl sites for hydroxylation is 1. The van der Waals surface area contributed by atoms with E-state index in [1.54, 1.807) is 11.8 Å². The van der Waals surface area contributed by atoms with Crippen LogP contribution in [0.15, 0.2) is 35.9 Å². The number of hydrogen-bond acceptors (Lipinski definition) is 2. The number of allylic oxidation sites excluding steroid dienone is 1. The molecule has 116 valence electrons. The molecule has 0 fully saturated rings. The van der Waals surface area contributed by atoms with Crippen LogP contribution in [0.25, 0.3) is 0 Å². The number of carbonyl (C=O) groups is 1. The zero-order valence-electron chi connectivity index (χ0n) is 12.6. The second-order valence-electron chi connectivity index (χ2n) is 4.77. The summed E-state index contributed by atoms with van der Waals surface area (Å²) in [5.41, 5.74) is 2.22. The van der Waals surface area contributed by atoms with Crippen LogP contribution in [0.4, 0.5) is 5.69 Å². The first-order chi connectivity index (χ1) is 9.80. The Morgan fingerprint density at radius 2 is 1.90 bits per heavy atom. The van der Waals surface area contributed by atoms with Gasteiger partial charge >= 0.3 is 7.60 Å². The molecule has 0 aliphatic heterocycles. The molecule has 0 unspecified atom stereocenters. The average molecular weight is 311 g/mol. The quantitative estimate of drug-likeness (QED) is 0.625. The number of amides is 1. The van der Waals surface area contributed by atoms with Crippen LogP contribution in [0, 0.1) is 6.92 Å². The van der Waals surface area contributed by atoms with Crippen molar-refractivity contribution in [2.45, 2.75) is 27.2 Å². The topological polar surface area (TPSA) is 77.8 Å². The summed E-state index contributed by atoms with van der Waals surface area (Å²) in [5.74, 6) is -0.206. The third-order valence-electron chi connectivity index (χ3n) is 3.20. The van der Waals surface area contributed by atoms with Gasteiger partial charge < -0.3 is 14.7 Å². The normalized spacial score (nSPS) is 12.3. The van der Waals surface area contributed by atoms with Gasteiger partial charge in [-0.1, -0.05) is 31.2 Å². The predicted octanol–water partition coefficient (Wildman–Crippen LogP) is 2.86. The van der Waals surface area contributed by atoms with Gasteiger partial charge in [0, 0.05) is 17.8 Å². The van der Waals surface area contributed by atoms with Crippen LogP contribution < -0.4 is 4.90 Å². The van der Waals surface area contributed by atoms with Gasteiger partial charge in [-0.25, -0.2) is 0 Å². The molecular weight excluding hydrogens is 289 g/mol. The molecule has 5 nitrogen and oxygen atoms in total. The lowest BCUT2D eigenvalue weighted by Gasteiger charge is -2.24. The first-order valence-electron chi connectivity index (χ1n) is 6.91. The van der Waals surface area contributed by atoms with Gasteiger partial charge in [0.05, 0.1) is 6.16 Å². The molecule has 0 bridgehead atoms. The Labute approximate surface area is 125 Å². The molecule has 1 aromatic rings. The molecule has 0 atom stereocenters. The number of likely N-dealkylation sites (N-methyl/N-ethyl adjacent to an activating group) is 1. The molecule has 2 N–H and O–H groups in total. The van der Waals surface area contributed by atoms with E-state index >= 15 is 0 Å². The van der Waals surface area contributed by atoms with E-state index < -0.39 is 13.8 Å². The summed E-state index contributed by atoms with van der Waals surface area (Å²) in [6, 6.07) is 7.56. The molecular formula is C15H22NO4P. The van der Waals surface area contributed by atoms with E-state index in [4.69, 9.17) is 9.79 Å². The molecule has 0 aromatic heterocycles. The van der Waals surface area contributed by atoms with Crippen LogP contribution in [0.2, 0.25) is 0 Å². The Morgan fingerprint density at radius 3 is 2.38 bits per heavy atom. The van der Waals surface area contributed by atoms with Crippen LogP contribution in [0.3, 0.4) is 0 Å². The molecule has 0 heterocycles. The first-order valence-corrected chi connectivity index (χ1v) is 8.71. The number of anilines is 1. The molecule has 1 amide bonds. The summed E-state index contributed by atoms with van der Waals surface area (Å²) in [6.45, 7) is 6.10. The Bertz CT molecular complexity index is 577. The highest BCUT2D eigenvalue weighted by atomic mass is 31.2. The van der Waals surface area contributed by atoms with Crippen molar-refractivity contribution in [2.24, 2.45) is 0 Å². The molecule has 1 aromatic carbocycles. The Kier molecular flexibility index (Phi) is 6.34. The Morgan fingerprint density at radius 1 is 1.29 bits per heavy atom. The fourth-order valence-electron chi connectivity index (χ4n) is 2.07.